The van der Waals surface area contributed by atoms with Gasteiger partial charge in [0.25, 0.3) is 0 Å². The molecule has 200 valence electrons. The lowest BCUT2D eigenvalue weighted by molar-refractivity contribution is -0.125. The number of Topliss-reactive ketones (excluding diaryl/α,β-unsaturated/α-hetero) is 1. The van der Waals surface area contributed by atoms with Crippen LogP contribution >= 0.6 is 0 Å². The van der Waals surface area contributed by atoms with E-state index in [1.165, 1.54) is 6.26 Å². The molecule has 0 spiro atoms. The maximum Gasteiger partial charge on any atom is 0.191 e. The monoisotopic (exact) mass is 515 g/mol. The molecule has 0 unspecified atom stereocenters. The summed E-state index contributed by atoms with van der Waals surface area (Å²) in [6, 6.07) is 0. The predicted molar refractivity (Wildman–Crippen MR) is 146 cm³/mol. The Bertz CT molecular complexity index is 1010. The van der Waals surface area contributed by atoms with Crippen LogP contribution in [0.5, 0.6) is 0 Å². The summed E-state index contributed by atoms with van der Waals surface area (Å²) in [6.45, 7) is 20.8. The second-order valence-electron chi connectivity index (χ2n) is 13.3. The Morgan fingerprint density at radius 2 is 1.83 bits per heavy atom. The first kappa shape index (κ1) is 28.5. The molecule has 2 N–H and O–H groups in total. The second-order valence-corrected chi connectivity index (χ2v) is 18.1. The average molecular weight is 516 g/mol. The van der Waals surface area contributed by atoms with Crippen LogP contribution in [0.2, 0.25) is 18.1 Å². The van der Waals surface area contributed by atoms with Crippen LogP contribution in [0.15, 0.2) is 40.9 Å². The lowest BCUT2D eigenvalue weighted by Gasteiger charge is -2.56. The number of aliphatic hydroxyl groups excluding tert-OH is 2. The fourth-order valence-electron chi connectivity index (χ4n) is 6.99. The van der Waals surface area contributed by atoms with Gasteiger partial charge in [-0.3, -0.25) is 4.79 Å². The Hall–Kier alpha value is -2.02. The standard InChI is InChI=1S/C28H45N3O4Si/c1-18-19(15-32)11-24-22(14-30-31-29)23(9-10-27(18,24)5)28(6)13-20(16-33)25(34)12-21(28)17-35-36(7,8)26(2,3)4/h15-16,21-24,32-33H,1,9-14,17H2,2-8H3/b19-15-,20-16+/t21-,22-,23+,24+,27-,28+/m1/s1. The highest BCUT2D eigenvalue weighted by atomic mass is 28.4. The third-order valence-electron chi connectivity index (χ3n) is 10.6. The highest BCUT2D eigenvalue weighted by Crippen LogP contribution is 2.64. The number of nitrogens with zero attached hydrogens (tertiary/aromatic N) is 3. The van der Waals surface area contributed by atoms with Crippen LogP contribution < -0.4 is 0 Å². The van der Waals surface area contributed by atoms with E-state index >= 15 is 0 Å². The molecule has 3 aliphatic carbocycles. The van der Waals surface area contributed by atoms with Crippen molar-refractivity contribution in [1.82, 2.24) is 0 Å². The minimum Gasteiger partial charge on any atom is -0.515 e. The van der Waals surface area contributed by atoms with Gasteiger partial charge in [0.15, 0.2) is 14.1 Å². The van der Waals surface area contributed by atoms with E-state index in [-0.39, 0.29) is 45.3 Å². The summed E-state index contributed by atoms with van der Waals surface area (Å²) in [4.78, 5) is 16.1. The molecule has 3 fully saturated rings. The molecule has 3 aliphatic rings. The number of ketones is 1. The Kier molecular flexibility index (Phi) is 7.95. The van der Waals surface area contributed by atoms with Crippen LogP contribution in [0, 0.1) is 34.5 Å². The first-order chi connectivity index (χ1) is 16.7. The van der Waals surface area contributed by atoms with Crippen molar-refractivity contribution in [2.75, 3.05) is 13.2 Å². The number of rotatable bonds is 6. The first-order valence-corrected chi connectivity index (χ1v) is 16.1. The summed E-state index contributed by atoms with van der Waals surface area (Å²) in [5, 5.41) is 23.9. The van der Waals surface area contributed by atoms with Crippen molar-refractivity contribution in [2.45, 2.75) is 84.9 Å². The molecular weight excluding hydrogens is 470 g/mol. The molecule has 7 nitrogen and oxygen atoms in total. The van der Waals surface area contributed by atoms with Crippen LogP contribution in [0.25, 0.3) is 10.4 Å². The molecule has 0 saturated heterocycles. The number of carbonyl (C=O) groups excluding carboxylic acids is 1. The molecule has 0 aromatic carbocycles. The van der Waals surface area contributed by atoms with Crippen LogP contribution in [0.1, 0.15) is 66.7 Å². The summed E-state index contributed by atoms with van der Waals surface area (Å²) < 4.78 is 6.68. The number of fused-ring (bicyclic) bond motifs is 1. The second kappa shape index (κ2) is 10.0. The van der Waals surface area contributed by atoms with Gasteiger partial charge in [0.05, 0.1) is 12.5 Å². The third-order valence-corrected chi connectivity index (χ3v) is 15.1. The number of hydrogen-bond acceptors (Lipinski definition) is 5. The van der Waals surface area contributed by atoms with E-state index in [1.807, 2.05) is 0 Å². The Balaban J connectivity index is 2.03. The molecule has 0 amide bonds. The van der Waals surface area contributed by atoms with Gasteiger partial charge in [-0.25, -0.2) is 0 Å². The quantitative estimate of drug-likeness (QED) is 0.0937. The maximum absolute atomic E-state index is 13.0. The minimum absolute atomic E-state index is 0.00297. The van der Waals surface area contributed by atoms with Crippen LogP contribution in [0.3, 0.4) is 0 Å². The molecule has 6 atom stereocenters. The third kappa shape index (κ3) is 4.80. The Labute approximate surface area is 217 Å². The van der Waals surface area contributed by atoms with E-state index in [4.69, 9.17) is 4.43 Å². The Morgan fingerprint density at radius 1 is 1.19 bits per heavy atom. The molecule has 0 aromatic heterocycles. The van der Waals surface area contributed by atoms with E-state index in [2.05, 4.69) is 64.3 Å². The van der Waals surface area contributed by atoms with Gasteiger partial charge in [-0.05, 0) is 95.0 Å². The summed E-state index contributed by atoms with van der Waals surface area (Å²) in [5.74, 6) is 0.421. The smallest absolute Gasteiger partial charge is 0.191 e. The summed E-state index contributed by atoms with van der Waals surface area (Å²) in [7, 11) is -2.03. The molecular formula is C28H45N3O4Si. The van der Waals surface area contributed by atoms with E-state index < -0.39 is 8.32 Å². The zero-order valence-corrected chi connectivity index (χ0v) is 24.2. The molecule has 0 bridgehead atoms. The van der Waals surface area contributed by atoms with E-state index in [1.54, 1.807) is 0 Å². The van der Waals surface area contributed by atoms with Gasteiger partial charge < -0.3 is 14.6 Å². The van der Waals surface area contributed by atoms with E-state index in [0.29, 0.717) is 38.0 Å². The van der Waals surface area contributed by atoms with Crippen molar-refractivity contribution >= 4 is 14.1 Å². The SMILES string of the molecule is C=C1/C(=C\O)C[C@H]2[C@H](CN=[N+]=[N-])[C@@H]([C@@]3(C)C/C(=C\O)C(=O)C[C@@H]3CO[Si](C)(C)C(C)(C)C)CC[C@]12C. The van der Waals surface area contributed by atoms with Gasteiger partial charge in [0, 0.05) is 30.1 Å². The lowest BCUT2D eigenvalue weighted by Crippen LogP contribution is -2.53. The summed E-state index contributed by atoms with van der Waals surface area (Å²) in [5.41, 5.74) is 11.1. The number of azide groups is 1. The normalized spacial score (nSPS) is 37.8. The first-order valence-electron chi connectivity index (χ1n) is 13.2. The fraction of sp³-hybridized carbons (Fsp3) is 0.750. The molecule has 0 heterocycles. The molecule has 0 radical (unpaired) electrons. The summed E-state index contributed by atoms with van der Waals surface area (Å²) >= 11 is 0. The van der Waals surface area contributed by atoms with Crippen LogP contribution in [-0.4, -0.2) is 37.5 Å². The van der Waals surface area contributed by atoms with Gasteiger partial charge in [0.2, 0.25) is 0 Å². The molecule has 8 heteroatoms. The minimum atomic E-state index is -2.03. The zero-order chi connectivity index (χ0) is 27.1. The topological polar surface area (TPSA) is 116 Å². The highest BCUT2D eigenvalue weighted by Gasteiger charge is 2.58. The van der Waals surface area contributed by atoms with Crippen molar-refractivity contribution in [1.29, 1.82) is 0 Å². The maximum atomic E-state index is 13.0. The number of carbonyl (C=O) groups is 1. The van der Waals surface area contributed by atoms with Crippen LogP contribution in [0.4, 0.5) is 0 Å². The van der Waals surface area contributed by atoms with Crippen LogP contribution in [-0.2, 0) is 9.22 Å². The average Bonchev–Trinajstić information content (AvgIpc) is 3.07. The molecule has 3 saturated carbocycles. The van der Waals surface area contributed by atoms with Gasteiger partial charge in [-0.15, -0.1) is 0 Å². The van der Waals surface area contributed by atoms with E-state index in [9.17, 15) is 20.5 Å². The molecule has 36 heavy (non-hydrogen) atoms. The van der Waals surface area contributed by atoms with Crippen molar-refractivity contribution < 1.29 is 19.4 Å². The lowest BCUT2D eigenvalue weighted by atomic mass is 9.49. The van der Waals surface area contributed by atoms with Gasteiger partial charge >= 0.3 is 0 Å². The van der Waals surface area contributed by atoms with Gasteiger partial charge in [-0.1, -0.05) is 46.3 Å². The fourth-order valence-corrected chi connectivity index (χ4v) is 8.04. The molecule has 0 aliphatic heterocycles. The number of aliphatic hydroxyl groups is 2. The molecule has 3 rings (SSSR count). The van der Waals surface area contributed by atoms with Gasteiger partial charge in [-0.2, -0.15) is 0 Å². The van der Waals surface area contributed by atoms with Crippen molar-refractivity contribution in [3.8, 4) is 0 Å². The van der Waals surface area contributed by atoms with E-state index in [0.717, 1.165) is 30.2 Å². The van der Waals surface area contributed by atoms with Crippen molar-refractivity contribution in [3.05, 3.63) is 46.3 Å². The largest absolute Gasteiger partial charge is 0.515 e. The highest BCUT2D eigenvalue weighted by molar-refractivity contribution is 6.74. The molecule has 0 aromatic rings. The Morgan fingerprint density at radius 3 is 2.39 bits per heavy atom. The predicted octanol–water partition coefficient (Wildman–Crippen LogP) is 7.80. The van der Waals surface area contributed by atoms with Crippen molar-refractivity contribution in [2.24, 2.45) is 39.6 Å². The summed E-state index contributed by atoms with van der Waals surface area (Å²) in [6.07, 6.45) is 5.53. The zero-order valence-electron chi connectivity index (χ0n) is 23.2. The number of hydrogen-bond donors (Lipinski definition) is 2. The number of allylic oxidation sites excluding steroid dienone is 3. The van der Waals surface area contributed by atoms with Crippen molar-refractivity contribution in [3.63, 3.8) is 0 Å². The van der Waals surface area contributed by atoms with Gasteiger partial charge in [0.1, 0.15) is 0 Å².